The molecule has 7 heteroatoms. The van der Waals surface area contributed by atoms with Crippen molar-refractivity contribution in [2.24, 2.45) is 5.73 Å². The van der Waals surface area contributed by atoms with E-state index in [1.165, 1.54) is 0 Å². The molecule has 0 atom stereocenters. The number of aromatic nitrogens is 1. The molecule has 0 radical (unpaired) electrons. The lowest BCUT2D eigenvalue weighted by Gasteiger charge is -2.04. The number of hydrogen-bond acceptors (Lipinski definition) is 4. The normalized spacial score (nSPS) is 11.6. The molecule has 1 aromatic heterocycles. The molecule has 0 saturated heterocycles. The third-order valence-corrected chi connectivity index (χ3v) is 3.66. The fourth-order valence-corrected chi connectivity index (χ4v) is 2.59. The van der Waals surface area contributed by atoms with Crippen LogP contribution >= 0.6 is 11.3 Å². The highest BCUT2D eigenvalue weighted by Crippen LogP contribution is 2.34. The number of ether oxygens (including phenoxy) is 1. The Bertz CT molecular complexity index is 554. The highest BCUT2D eigenvalue weighted by atomic mass is 32.1. The SMILES string of the molecule is NCc1sc(CCOc2ccccc2)nc1C(F)(F)F. The molecule has 108 valence electrons. The molecule has 20 heavy (non-hydrogen) atoms. The predicted octanol–water partition coefficient (Wildman–Crippen LogP) is 3.24. The van der Waals surface area contributed by atoms with Gasteiger partial charge in [0.25, 0.3) is 0 Å². The average Bonchev–Trinajstić information content (AvgIpc) is 2.83. The van der Waals surface area contributed by atoms with E-state index in [1.54, 1.807) is 12.1 Å². The molecule has 2 rings (SSSR count). The van der Waals surface area contributed by atoms with E-state index in [0.717, 1.165) is 11.3 Å². The zero-order chi connectivity index (χ0) is 14.6. The number of rotatable bonds is 5. The number of halogens is 3. The molecule has 2 aromatic rings. The Morgan fingerprint density at radius 3 is 2.45 bits per heavy atom. The van der Waals surface area contributed by atoms with Gasteiger partial charge in [-0.05, 0) is 12.1 Å². The van der Waals surface area contributed by atoms with Crippen molar-refractivity contribution in [3.8, 4) is 5.75 Å². The van der Waals surface area contributed by atoms with Gasteiger partial charge in [-0.3, -0.25) is 0 Å². The molecule has 0 bridgehead atoms. The van der Waals surface area contributed by atoms with Gasteiger partial charge in [0.15, 0.2) is 5.69 Å². The Hall–Kier alpha value is -1.60. The number of para-hydroxylation sites is 1. The molecule has 0 aliphatic rings. The van der Waals surface area contributed by atoms with Crippen LogP contribution in [-0.4, -0.2) is 11.6 Å². The van der Waals surface area contributed by atoms with Crippen molar-refractivity contribution >= 4 is 11.3 Å². The molecular formula is C13H13F3N2OS. The van der Waals surface area contributed by atoms with Gasteiger partial charge in [-0.25, -0.2) is 4.98 Å². The highest BCUT2D eigenvalue weighted by Gasteiger charge is 2.36. The maximum absolute atomic E-state index is 12.7. The molecule has 0 amide bonds. The summed E-state index contributed by atoms with van der Waals surface area (Å²) in [6, 6.07) is 9.08. The van der Waals surface area contributed by atoms with Crippen LogP contribution in [0.25, 0.3) is 0 Å². The summed E-state index contributed by atoms with van der Waals surface area (Å²) < 4.78 is 43.5. The first-order chi connectivity index (χ1) is 9.50. The van der Waals surface area contributed by atoms with Gasteiger partial charge in [0.2, 0.25) is 0 Å². The summed E-state index contributed by atoms with van der Waals surface area (Å²) in [5, 5.41) is 0.383. The third kappa shape index (κ3) is 3.71. The minimum absolute atomic E-state index is 0.0622. The van der Waals surface area contributed by atoms with Gasteiger partial charge in [-0.15, -0.1) is 11.3 Å². The standard InChI is InChI=1S/C13H13F3N2OS/c14-13(15,16)12-10(8-17)20-11(18-12)6-7-19-9-4-2-1-3-5-9/h1-5H,6-8,17H2. The van der Waals surface area contributed by atoms with Gasteiger partial charge in [-0.2, -0.15) is 13.2 Å². The number of benzene rings is 1. The molecule has 1 aromatic carbocycles. The zero-order valence-corrected chi connectivity index (χ0v) is 11.3. The lowest BCUT2D eigenvalue weighted by atomic mass is 10.3. The highest BCUT2D eigenvalue weighted by molar-refractivity contribution is 7.11. The third-order valence-electron chi connectivity index (χ3n) is 2.52. The summed E-state index contributed by atoms with van der Waals surface area (Å²) in [5.41, 5.74) is 4.44. The summed E-state index contributed by atoms with van der Waals surface area (Å²) in [5.74, 6) is 0.680. The largest absolute Gasteiger partial charge is 0.493 e. The van der Waals surface area contributed by atoms with Crippen LogP contribution in [0.5, 0.6) is 5.75 Å². The van der Waals surface area contributed by atoms with Crippen molar-refractivity contribution in [3.63, 3.8) is 0 Å². The minimum atomic E-state index is -4.45. The molecule has 1 heterocycles. The minimum Gasteiger partial charge on any atom is -0.493 e. The molecular weight excluding hydrogens is 289 g/mol. The summed E-state index contributed by atoms with van der Waals surface area (Å²) in [6.07, 6.45) is -4.13. The van der Waals surface area contributed by atoms with E-state index in [9.17, 15) is 13.2 Å². The first kappa shape index (κ1) is 14.8. The lowest BCUT2D eigenvalue weighted by molar-refractivity contribution is -0.141. The summed E-state index contributed by atoms with van der Waals surface area (Å²) >= 11 is 0.985. The van der Waals surface area contributed by atoms with E-state index in [1.807, 2.05) is 18.2 Å². The Balaban J connectivity index is 1.98. The van der Waals surface area contributed by atoms with Crippen molar-refractivity contribution < 1.29 is 17.9 Å². The van der Waals surface area contributed by atoms with Crippen molar-refractivity contribution in [1.29, 1.82) is 0 Å². The van der Waals surface area contributed by atoms with E-state index in [2.05, 4.69) is 4.98 Å². The molecule has 3 nitrogen and oxygen atoms in total. The van der Waals surface area contributed by atoms with Crippen LogP contribution in [0.4, 0.5) is 13.2 Å². The van der Waals surface area contributed by atoms with Crippen LogP contribution in [0.3, 0.4) is 0 Å². The first-order valence-corrected chi connectivity index (χ1v) is 6.76. The predicted molar refractivity (Wildman–Crippen MR) is 70.6 cm³/mol. The van der Waals surface area contributed by atoms with E-state index in [-0.39, 0.29) is 18.0 Å². The fraction of sp³-hybridized carbons (Fsp3) is 0.308. The second kappa shape index (κ2) is 6.23. The van der Waals surface area contributed by atoms with Gasteiger partial charge in [0, 0.05) is 13.0 Å². The van der Waals surface area contributed by atoms with Crippen molar-refractivity contribution in [2.75, 3.05) is 6.61 Å². The number of nitrogens with zero attached hydrogens (tertiary/aromatic N) is 1. The van der Waals surface area contributed by atoms with Gasteiger partial charge in [0.05, 0.1) is 16.5 Å². The molecule has 0 saturated carbocycles. The van der Waals surface area contributed by atoms with Crippen molar-refractivity contribution in [2.45, 2.75) is 19.1 Å². The van der Waals surface area contributed by atoms with Crippen molar-refractivity contribution in [3.05, 3.63) is 45.9 Å². The van der Waals surface area contributed by atoms with Crippen LogP contribution < -0.4 is 10.5 Å². The summed E-state index contributed by atoms with van der Waals surface area (Å²) in [4.78, 5) is 3.68. The van der Waals surface area contributed by atoms with E-state index < -0.39 is 11.9 Å². The van der Waals surface area contributed by atoms with Crippen LogP contribution in [0.2, 0.25) is 0 Å². The Morgan fingerprint density at radius 2 is 1.90 bits per heavy atom. The van der Waals surface area contributed by atoms with Gasteiger partial charge < -0.3 is 10.5 Å². The number of alkyl halides is 3. The topological polar surface area (TPSA) is 48.1 Å². The monoisotopic (exact) mass is 302 g/mol. The molecule has 0 unspecified atom stereocenters. The van der Waals surface area contributed by atoms with Crippen LogP contribution in [0.15, 0.2) is 30.3 Å². The Labute approximate surface area is 118 Å². The second-order valence-corrected chi connectivity index (χ2v) is 5.16. The second-order valence-electron chi connectivity index (χ2n) is 3.99. The maximum atomic E-state index is 12.7. The molecule has 0 fully saturated rings. The summed E-state index contributed by atoms with van der Waals surface area (Å²) in [7, 11) is 0. The molecule has 0 aliphatic heterocycles. The van der Waals surface area contributed by atoms with E-state index in [4.69, 9.17) is 10.5 Å². The van der Waals surface area contributed by atoms with E-state index in [0.29, 0.717) is 17.2 Å². The van der Waals surface area contributed by atoms with Gasteiger partial charge in [0.1, 0.15) is 5.75 Å². The molecule has 0 aliphatic carbocycles. The van der Waals surface area contributed by atoms with Gasteiger partial charge >= 0.3 is 6.18 Å². The lowest BCUT2D eigenvalue weighted by Crippen LogP contribution is -2.11. The zero-order valence-electron chi connectivity index (χ0n) is 10.5. The van der Waals surface area contributed by atoms with Crippen LogP contribution in [-0.2, 0) is 19.1 Å². The molecule has 0 spiro atoms. The van der Waals surface area contributed by atoms with Crippen LogP contribution in [0, 0.1) is 0 Å². The number of hydrogen-bond donors (Lipinski definition) is 1. The van der Waals surface area contributed by atoms with Crippen LogP contribution in [0.1, 0.15) is 15.6 Å². The summed E-state index contributed by atoms with van der Waals surface area (Å²) in [6.45, 7) is 0.116. The number of thiazole rings is 1. The van der Waals surface area contributed by atoms with Crippen molar-refractivity contribution in [1.82, 2.24) is 4.98 Å². The fourth-order valence-electron chi connectivity index (χ4n) is 1.64. The number of nitrogens with two attached hydrogens (primary N) is 1. The van der Waals surface area contributed by atoms with E-state index >= 15 is 0 Å². The smallest absolute Gasteiger partial charge is 0.434 e. The average molecular weight is 302 g/mol. The Morgan fingerprint density at radius 1 is 1.20 bits per heavy atom. The Kier molecular flexibility index (Phi) is 4.61. The van der Waals surface area contributed by atoms with Gasteiger partial charge in [-0.1, -0.05) is 18.2 Å². The maximum Gasteiger partial charge on any atom is 0.434 e. The molecule has 2 N–H and O–H groups in total. The first-order valence-electron chi connectivity index (χ1n) is 5.94. The quantitative estimate of drug-likeness (QED) is 0.922.